The average Bonchev–Trinajstić information content (AvgIpc) is 2.38. The molecule has 1 aromatic rings. The van der Waals surface area contributed by atoms with Crippen LogP contribution in [0.2, 0.25) is 0 Å². The third-order valence-corrected chi connectivity index (χ3v) is 2.64. The second kappa shape index (κ2) is 7.92. The van der Waals surface area contributed by atoms with Crippen LogP contribution in [-0.2, 0) is 12.8 Å². The minimum atomic E-state index is 1.09. The van der Waals surface area contributed by atoms with Gasteiger partial charge in [0.05, 0.1) is 0 Å². The molecular weight excluding hydrogens is 192 g/mol. The Balaban J connectivity index is 0.000000606. The molecule has 0 saturated heterocycles. The van der Waals surface area contributed by atoms with Crippen LogP contribution in [0.15, 0.2) is 48.6 Å². The lowest BCUT2D eigenvalue weighted by Gasteiger charge is -2.06. The molecule has 16 heavy (non-hydrogen) atoms. The first-order valence-corrected chi connectivity index (χ1v) is 6.33. The summed E-state index contributed by atoms with van der Waals surface area (Å²) in [6.07, 6.45) is 13.6. The van der Waals surface area contributed by atoms with Crippen LogP contribution >= 0.6 is 0 Å². The minimum absolute atomic E-state index is 1.09. The first kappa shape index (κ1) is 12.8. The number of hydrogen-bond acceptors (Lipinski definition) is 0. The van der Waals surface area contributed by atoms with E-state index in [9.17, 15) is 0 Å². The molecule has 0 radical (unpaired) electrons. The van der Waals surface area contributed by atoms with Crippen molar-refractivity contribution in [2.24, 2.45) is 0 Å². The van der Waals surface area contributed by atoms with Gasteiger partial charge in [0.1, 0.15) is 0 Å². The van der Waals surface area contributed by atoms with E-state index in [-0.39, 0.29) is 0 Å². The Kier molecular flexibility index (Phi) is 6.32. The Labute approximate surface area is 99.7 Å². The molecule has 0 bridgehead atoms. The van der Waals surface area contributed by atoms with Gasteiger partial charge in [-0.3, -0.25) is 0 Å². The molecule has 0 heterocycles. The quantitative estimate of drug-likeness (QED) is 0.549. The van der Waals surface area contributed by atoms with Crippen LogP contribution in [0.1, 0.15) is 37.8 Å². The van der Waals surface area contributed by atoms with E-state index in [1.165, 1.54) is 24.0 Å². The second-order valence-electron chi connectivity index (χ2n) is 3.69. The topological polar surface area (TPSA) is 0 Å². The van der Waals surface area contributed by atoms with E-state index in [0.29, 0.717) is 0 Å². The van der Waals surface area contributed by atoms with Crippen molar-refractivity contribution < 1.29 is 0 Å². The molecule has 0 spiro atoms. The maximum atomic E-state index is 2.28. The molecule has 1 aromatic carbocycles. The van der Waals surface area contributed by atoms with Gasteiger partial charge in [-0.25, -0.2) is 0 Å². The zero-order valence-electron chi connectivity index (χ0n) is 10.4. The summed E-state index contributed by atoms with van der Waals surface area (Å²) in [5.41, 5.74) is 2.99. The number of allylic oxidation sites excluding steroid dienone is 4. The van der Waals surface area contributed by atoms with Crippen molar-refractivity contribution in [1.29, 1.82) is 0 Å². The van der Waals surface area contributed by atoms with Gasteiger partial charge >= 0.3 is 0 Å². The second-order valence-corrected chi connectivity index (χ2v) is 3.69. The van der Waals surface area contributed by atoms with Crippen LogP contribution in [0.5, 0.6) is 0 Å². The molecule has 2 rings (SSSR count). The Morgan fingerprint density at radius 3 is 2.31 bits per heavy atom. The lowest BCUT2D eigenvalue weighted by molar-refractivity contribution is 0.966. The Morgan fingerprint density at radius 1 is 0.812 bits per heavy atom. The summed E-state index contributed by atoms with van der Waals surface area (Å²) in [6, 6.07) is 8.76. The molecule has 1 aliphatic carbocycles. The van der Waals surface area contributed by atoms with Gasteiger partial charge < -0.3 is 0 Å². The van der Waals surface area contributed by atoms with Crippen molar-refractivity contribution in [1.82, 2.24) is 0 Å². The summed E-state index contributed by atoms with van der Waals surface area (Å²) in [4.78, 5) is 0. The van der Waals surface area contributed by atoms with Gasteiger partial charge in [-0.2, -0.15) is 0 Å². The first-order chi connectivity index (χ1) is 7.97. The summed E-state index contributed by atoms with van der Waals surface area (Å²) in [7, 11) is 0. The lowest BCUT2D eigenvalue weighted by Crippen LogP contribution is -1.92. The Morgan fingerprint density at radius 2 is 1.50 bits per heavy atom. The highest BCUT2D eigenvalue weighted by Crippen LogP contribution is 2.13. The van der Waals surface area contributed by atoms with Gasteiger partial charge in [0, 0.05) is 0 Å². The Hall–Kier alpha value is -1.30. The molecule has 0 aliphatic heterocycles. The van der Waals surface area contributed by atoms with Crippen LogP contribution < -0.4 is 0 Å². The number of rotatable bonds is 0. The maximum Gasteiger partial charge on any atom is -0.00946 e. The third-order valence-electron chi connectivity index (χ3n) is 2.64. The van der Waals surface area contributed by atoms with E-state index >= 15 is 0 Å². The van der Waals surface area contributed by atoms with Crippen molar-refractivity contribution >= 4 is 0 Å². The summed E-state index contributed by atoms with van der Waals surface area (Å²) >= 11 is 0. The molecule has 0 heteroatoms. The fourth-order valence-corrected chi connectivity index (χ4v) is 1.84. The fourth-order valence-electron chi connectivity index (χ4n) is 1.84. The van der Waals surface area contributed by atoms with Crippen molar-refractivity contribution in [3.63, 3.8) is 0 Å². The number of fused-ring (bicyclic) bond motifs is 1. The van der Waals surface area contributed by atoms with Crippen molar-refractivity contribution in [2.45, 2.75) is 39.5 Å². The lowest BCUT2D eigenvalue weighted by atomic mass is 9.99. The first-order valence-electron chi connectivity index (χ1n) is 6.33. The highest BCUT2D eigenvalue weighted by atomic mass is 14.0. The number of hydrogen-bond donors (Lipinski definition) is 0. The van der Waals surface area contributed by atoms with Crippen LogP contribution in [0.3, 0.4) is 0 Å². The smallest absolute Gasteiger partial charge is 0.00946 e. The number of aryl methyl sites for hydroxylation is 1. The van der Waals surface area contributed by atoms with E-state index in [2.05, 4.69) is 48.6 Å². The van der Waals surface area contributed by atoms with Crippen LogP contribution in [-0.4, -0.2) is 0 Å². The highest BCUT2D eigenvalue weighted by molar-refractivity contribution is 5.29. The monoisotopic (exact) mass is 214 g/mol. The third kappa shape index (κ3) is 4.06. The summed E-state index contributed by atoms with van der Waals surface area (Å²) in [5, 5.41) is 0. The Bertz CT molecular complexity index is 345. The van der Waals surface area contributed by atoms with Crippen molar-refractivity contribution in [2.75, 3.05) is 0 Å². The molecule has 1 aliphatic rings. The molecule has 0 aromatic heterocycles. The summed E-state index contributed by atoms with van der Waals surface area (Å²) < 4.78 is 0. The summed E-state index contributed by atoms with van der Waals surface area (Å²) in [5.74, 6) is 0. The predicted molar refractivity (Wildman–Crippen MR) is 72.7 cm³/mol. The van der Waals surface area contributed by atoms with Gasteiger partial charge in [0.15, 0.2) is 0 Å². The largest absolute Gasteiger partial charge is 0.0879 e. The molecule has 0 saturated carbocycles. The summed E-state index contributed by atoms with van der Waals surface area (Å²) in [6.45, 7) is 4.00. The van der Waals surface area contributed by atoms with E-state index in [1.807, 2.05) is 13.8 Å². The standard InChI is InChI=1S/C14H16.C2H6/c1-2-4-6-10-14-12-8-7-11-13(14)9-5-3-1;1-2/h1,3-4,6-8,11-12H,2,5,9-10H2;1-2H3/b3-1-,6-4-;. The van der Waals surface area contributed by atoms with Crippen LogP contribution in [0.4, 0.5) is 0 Å². The maximum absolute atomic E-state index is 2.28. The molecule has 0 N–H and O–H groups in total. The van der Waals surface area contributed by atoms with Gasteiger partial charge in [-0.1, -0.05) is 62.4 Å². The molecular formula is C16H22. The zero-order chi connectivity index (χ0) is 11.6. The fraction of sp³-hybridized carbons (Fsp3) is 0.375. The number of benzene rings is 1. The van der Waals surface area contributed by atoms with E-state index < -0.39 is 0 Å². The predicted octanol–water partition coefficient (Wildman–Crippen LogP) is 4.70. The zero-order valence-corrected chi connectivity index (χ0v) is 10.4. The molecule has 0 amide bonds. The molecule has 0 atom stereocenters. The highest BCUT2D eigenvalue weighted by Gasteiger charge is 1.99. The van der Waals surface area contributed by atoms with Crippen LogP contribution in [0.25, 0.3) is 0 Å². The van der Waals surface area contributed by atoms with Crippen molar-refractivity contribution in [3.05, 3.63) is 59.7 Å². The molecule has 0 unspecified atom stereocenters. The van der Waals surface area contributed by atoms with Crippen LogP contribution in [0, 0.1) is 0 Å². The molecule has 86 valence electrons. The van der Waals surface area contributed by atoms with E-state index in [1.54, 1.807) is 0 Å². The van der Waals surface area contributed by atoms with E-state index in [4.69, 9.17) is 0 Å². The SMILES string of the molecule is C1=C\CCc2ccccc2C/C=C\C/1.CC. The van der Waals surface area contributed by atoms with Crippen molar-refractivity contribution in [3.8, 4) is 0 Å². The van der Waals surface area contributed by atoms with Gasteiger partial charge in [0.2, 0.25) is 0 Å². The van der Waals surface area contributed by atoms with E-state index in [0.717, 1.165) is 12.8 Å². The van der Waals surface area contributed by atoms with Gasteiger partial charge in [-0.15, -0.1) is 0 Å². The normalized spacial score (nSPS) is 18.6. The van der Waals surface area contributed by atoms with Gasteiger partial charge in [-0.05, 0) is 36.8 Å². The molecule has 0 nitrogen and oxygen atoms in total. The minimum Gasteiger partial charge on any atom is -0.0879 e. The average molecular weight is 214 g/mol. The molecule has 0 fully saturated rings. The van der Waals surface area contributed by atoms with Gasteiger partial charge in [0.25, 0.3) is 0 Å².